The molecule has 1 saturated heterocycles. The normalized spacial score (nSPS) is 15.3. The van der Waals surface area contributed by atoms with Crippen LogP contribution in [-0.4, -0.2) is 64.2 Å². The third-order valence-electron chi connectivity index (χ3n) is 3.94. The minimum Gasteiger partial charge on any atom is -0.340 e. The standard InChI is InChI=1S/C16H24N4O2S2/c1-13(23)4-2-3-5-15(22)20-9-7-19(8-10-20)12-14(21)18-16-17-6-11-24-16/h6,11H,2-5,7-10,12H2,1H3,(H,17,18,21). The van der Waals surface area contributed by atoms with Crippen LogP contribution in [0.15, 0.2) is 11.6 Å². The molecule has 0 saturated carbocycles. The number of unbranched alkanes of at least 4 members (excludes halogenated alkanes) is 1. The highest BCUT2D eigenvalue weighted by Crippen LogP contribution is 2.11. The lowest BCUT2D eigenvalue weighted by Crippen LogP contribution is -2.50. The van der Waals surface area contributed by atoms with Gasteiger partial charge in [-0.05, 0) is 31.1 Å². The quantitative estimate of drug-likeness (QED) is 0.563. The Morgan fingerprint density at radius 1 is 1.25 bits per heavy atom. The summed E-state index contributed by atoms with van der Waals surface area (Å²) in [6.45, 7) is 5.13. The number of carbonyl (C=O) groups excluding carboxylic acids is 2. The Balaban J connectivity index is 1.62. The molecule has 0 atom stereocenters. The van der Waals surface area contributed by atoms with Crippen molar-refractivity contribution >= 4 is 45.4 Å². The van der Waals surface area contributed by atoms with Gasteiger partial charge >= 0.3 is 0 Å². The Bertz CT molecular complexity index is 554. The largest absolute Gasteiger partial charge is 0.340 e. The molecule has 1 aromatic heterocycles. The molecule has 132 valence electrons. The lowest BCUT2D eigenvalue weighted by molar-refractivity contribution is -0.133. The number of amides is 2. The molecule has 6 nitrogen and oxygen atoms in total. The number of nitrogens with zero attached hydrogens (tertiary/aromatic N) is 3. The summed E-state index contributed by atoms with van der Waals surface area (Å²) in [7, 11) is 0. The lowest BCUT2D eigenvalue weighted by atomic mass is 10.1. The molecular formula is C16H24N4O2S2. The third kappa shape index (κ3) is 6.62. The minimum absolute atomic E-state index is 0.0553. The molecule has 2 amide bonds. The Morgan fingerprint density at radius 2 is 1.96 bits per heavy atom. The van der Waals surface area contributed by atoms with E-state index in [1.54, 1.807) is 6.20 Å². The van der Waals surface area contributed by atoms with Crippen LogP contribution in [0.25, 0.3) is 0 Å². The molecular weight excluding hydrogens is 344 g/mol. The van der Waals surface area contributed by atoms with Gasteiger partial charge in [-0.15, -0.1) is 11.3 Å². The number of carbonyl (C=O) groups is 2. The second-order valence-electron chi connectivity index (χ2n) is 5.95. The van der Waals surface area contributed by atoms with Crippen LogP contribution >= 0.6 is 23.6 Å². The van der Waals surface area contributed by atoms with Crippen molar-refractivity contribution in [1.29, 1.82) is 0 Å². The summed E-state index contributed by atoms with van der Waals surface area (Å²) in [4.78, 5) is 33.1. The zero-order chi connectivity index (χ0) is 17.4. The number of thiazole rings is 1. The molecule has 1 aliphatic rings. The summed E-state index contributed by atoms with van der Waals surface area (Å²) in [5.74, 6) is 0.157. The highest BCUT2D eigenvalue weighted by atomic mass is 32.1. The number of thiocarbonyl (C=S) groups is 1. The fourth-order valence-corrected chi connectivity index (χ4v) is 3.30. The van der Waals surface area contributed by atoms with Crippen molar-refractivity contribution in [3.05, 3.63) is 11.6 Å². The minimum atomic E-state index is -0.0553. The SMILES string of the molecule is CC(=S)CCCCC(=O)N1CCN(CC(=O)Nc2nccs2)CC1. The van der Waals surface area contributed by atoms with Gasteiger partial charge < -0.3 is 10.2 Å². The summed E-state index contributed by atoms with van der Waals surface area (Å²) in [5, 5.41) is 5.24. The molecule has 2 rings (SSSR count). The first-order chi connectivity index (χ1) is 11.5. The van der Waals surface area contributed by atoms with Crippen molar-refractivity contribution in [2.24, 2.45) is 0 Å². The van der Waals surface area contributed by atoms with E-state index in [1.807, 2.05) is 17.2 Å². The molecule has 0 bridgehead atoms. The van der Waals surface area contributed by atoms with E-state index in [9.17, 15) is 9.59 Å². The van der Waals surface area contributed by atoms with Crippen LogP contribution in [0.1, 0.15) is 32.6 Å². The molecule has 0 radical (unpaired) electrons. The molecule has 0 unspecified atom stereocenters. The van der Waals surface area contributed by atoms with Gasteiger partial charge in [0, 0.05) is 44.2 Å². The van der Waals surface area contributed by atoms with Crippen molar-refractivity contribution in [1.82, 2.24) is 14.8 Å². The zero-order valence-corrected chi connectivity index (χ0v) is 15.6. The van der Waals surface area contributed by atoms with Crippen LogP contribution in [-0.2, 0) is 9.59 Å². The van der Waals surface area contributed by atoms with Gasteiger partial charge in [-0.2, -0.15) is 0 Å². The number of aromatic nitrogens is 1. The van der Waals surface area contributed by atoms with Gasteiger partial charge in [-0.25, -0.2) is 4.98 Å². The van der Waals surface area contributed by atoms with Crippen LogP contribution in [0, 0.1) is 0 Å². The first-order valence-corrected chi connectivity index (χ1v) is 9.52. The Hall–Kier alpha value is -1.38. The highest BCUT2D eigenvalue weighted by Gasteiger charge is 2.22. The van der Waals surface area contributed by atoms with E-state index >= 15 is 0 Å². The molecule has 0 aliphatic carbocycles. The predicted octanol–water partition coefficient (Wildman–Crippen LogP) is 2.18. The first kappa shape index (κ1) is 19.0. The van der Waals surface area contributed by atoms with E-state index in [4.69, 9.17) is 12.2 Å². The Labute approximate surface area is 152 Å². The first-order valence-electron chi connectivity index (χ1n) is 8.23. The van der Waals surface area contributed by atoms with Crippen molar-refractivity contribution in [2.45, 2.75) is 32.6 Å². The maximum atomic E-state index is 12.2. The molecule has 0 spiro atoms. The second-order valence-corrected chi connectivity index (χ2v) is 7.54. The molecule has 0 aromatic carbocycles. The maximum Gasteiger partial charge on any atom is 0.240 e. The van der Waals surface area contributed by atoms with E-state index in [1.165, 1.54) is 11.3 Å². The smallest absolute Gasteiger partial charge is 0.240 e. The van der Waals surface area contributed by atoms with Gasteiger partial charge in [0.1, 0.15) is 0 Å². The van der Waals surface area contributed by atoms with E-state index in [0.717, 1.165) is 37.2 Å². The average molecular weight is 369 g/mol. The van der Waals surface area contributed by atoms with Gasteiger partial charge in [0.15, 0.2) is 5.13 Å². The maximum absolute atomic E-state index is 12.2. The average Bonchev–Trinajstić information content (AvgIpc) is 3.04. The molecule has 1 aromatic rings. The van der Waals surface area contributed by atoms with Crippen LogP contribution in [0.2, 0.25) is 0 Å². The van der Waals surface area contributed by atoms with Crippen molar-refractivity contribution in [2.75, 3.05) is 38.0 Å². The fourth-order valence-electron chi connectivity index (χ4n) is 2.61. The van der Waals surface area contributed by atoms with E-state index in [-0.39, 0.29) is 11.8 Å². The topological polar surface area (TPSA) is 65.5 Å². The third-order valence-corrected chi connectivity index (χ3v) is 4.83. The number of nitrogens with one attached hydrogen (secondary N) is 1. The van der Waals surface area contributed by atoms with Crippen LogP contribution in [0.5, 0.6) is 0 Å². The van der Waals surface area contributed by atoms with Crippen molar-refractivity contribution < 1.29 is 9.59 Å². The molecule has 24 heavy (non-hydrogen) atoms. The van der Waals surface area contributed by atoms with Crippen LogP contribution < -0.4 is 5.32 Å². The number of hydrogen-bond donors (Lipinski definition) is 1. The number of hydrogen-bond acceptors (Lipinski definition) is 6. The Morgan fingerprint density at radius 3 is 2.58 bits per heavy atom. The number of rotatable bonds is 8. The Kier molecular flexibility index (Phi) is 7.74. The monoisotopic (exact) mass is 368 g/mol. The van der Waals surface area contributed by atoms with Gasteiger partial charge in [0.25, 0.3) is 0 Å². The van der Waals surface area contributed by atoms with Gasteiger partial charge in [-0.1, -0.05) is 12.2 Å². The number of anilines is 1. The summed E-state index contributed by atoms with van der Waals surface area (Å²) in [6.07, 6.45) is 5.05. The lowest BCUT2D eigenvalue weighted by Gasteiger charge is -2.34. The number of piperazine rings is 1. The molecule has 2 heterocycles. The van der Waals surface area contributed by atoms with Crippen LogP contribution in [0.3, 0.4) is 0 Å². The fraction of sp³-hybridized carbons (Fsp3) is 0.625. The summed E-state index contributed by atoms with van der Waals surface area (Å²) in [5.41, 5.74) is 0. The van der Waals surface area contributed by atoms with Crippen molar-refractivity contribution in [3.8, 4) is 0 Å². The molecule has 1 fully saturated rings. The summed E-state index contributed by atoms with van der Waals surface area (Å²) >= 11 is 6.45. The van der Waals surface area contributed by atoms with Gasteiger partial charge in [-0.3, -0.25) is 14.5 Å². The molecule has 8 heteroatoms. The van der Waals surface area contributed by atoms with E-state index < -0.39 is 0 Å². The van der Waals surface area contributed by atoms with Crippen LogP contribution in [0.4, 0.5) is 5.13 Å². The second kappa shape index (κ2) is 9.80. The highest BCUT2D eigenvalue weighted by molar-refractivity contribution is 7.80. The zero-order valence-electron chi connectivity index (χ0n) is 14.0. The van der Waals surface area contributed by atoms with Gasteiger partial charge in [0.05, 0.1) is 6.54 Å². The van der Waals surface area contributed by atoms with Gasteiger partial charge in [0.2, 0.25) is 11.8 Å². The summed E-state index contributed by atoms with van der Waals surface area (Å²) in [6, 6.07) is 0. The van der Waals surface area contributed by atoms with E-state index in [2.05, 4.69) is 15.2 Å². The summed E-state index contributed by atoms with van der Waals surface area (Å²) < 4.78 is 0. The van der Waals surface area contributed by atoms with Crippen molar-refractivity contribution in [3.63, 3.8) is 0 Å². The van der Waals surface area contributed by atoms with E-state index in [0.29, 0.717) is 31.2 Å². The molecule has 1 aliphatic heterocycles. The predicted molar refractivity (Wildman–Crippen MR) is 101 cm³/mol. The molecule has 1 N–H and O–H groups in total.